The number of ether oxygens (including phenoxy) is 1. The molecule has 1 aromatic carbocycles. The summed E-state index contributed by atoms with van der Waals surface area (Å²) in [4.78, 5) is 24.8. The number of anilines is 1. The largest absolute Gasteiger partial charge is 0.446 e. The molecule has 0 aliphatic rings. The zero-order chi connectivity index (χ0) is 21.0. The van der Waals surface area contributed by atoms with Crippen molar-refractivity contribution in [1.29, 1.82) is 0 Å². The summed E-state index contributed by atoms with van der Waals surface area (Å²) in [6.45, 7) is 1.03. The van der Waals surface area contributed by atoms with Crippen molar-refractivity contribution in [3.63, 3.8) is 0 Å². The van der Waals surface area contributed by atoms with E-state index in [2.05, 4.69) is 15.6 Å². The molecule has 3 aromatic rings. The van der Waals surface area contributed by atoms with Crippen molar-refractivity contribution in [2.45, 2.75) is 25.7 Å². The molecule has 1 atom stereocenters. The molecule has 0 fully saturated rings. The Morgan fingerprint density at radius 1 is 1.24 bits per heavy atom. The Morgan fingerprint density at radius 2 is 1.97 bits per heavy atom. The Labute approximate surface area is 162 Å². The second-order valence-electron chi connectivity index (χ2n) is 5.99. The Morgan fingerprint density at radius 3 is 2.55 bits per heavy atom. The SMILES string of the molecule is Cc1cc(NC(=O)C(OC(=O)Cn2ccc(C(F)(F)F)n2)c2ccccc2)no1. The van der Waals surface area contributed by atoms with Gasteiger partial charge < -0.3 is 14.6 Å². The predicted octanol–water partition coefficient (Wildman–Crippen LogP) is 3.12. The number of benzene rings is 1. The number of amides is 1. The lowest BCUT2D eigenvalue weighted by molar-refractivity contribution is -0.156. The fourth-order valence-electron chi connectivity index (χ4n) is 2.42. The maximum Gasteiger partial charge on any atom is 0.435 e. The van der Waals surface area contributed by atoms with Gasteiger partial charge in [0.25, 0.3) is 5.91 Å². The average molecular weight is 408 g/mol. The van der Waals surface area contributed by atoms with Crippen molar-refractivity contribution >= 4 is 17.7 Å². The fourth-order valence-corrected chi connectivity index (χ4v) is 2.42. The molecular weight excluding hydrogens is 393 g/mol. The minimum absolute atomic E-state index is 0.131. The summed E-state index contributed by atoms with van der Waals surface area (Å²) in [6, 6.07) is 10.4. The molecule has 0 radical (unpaired) electrons. The third-order valence-electron chi connectivity index (χ3n) is 3.69. The lowest BCUT2D eigenvalue weighted by Crippen LogP contribution is -2.27. The zero-order valence-corrected chi connectivity index (χ0v) is 15.0. The van der Waals surface area contributed by atoms with E-state index in [1.807, 2.05) is 0 Å². The molecule has 0 saturated carbocycles. The van der Waals surface area contributed by atoms with Crippen molar-refractivity contribution in [1.82, 2.24) is 14.9 Å². The van der Waals surface area contributed by atoms with Crippen LogP contribution in [0.3, 0.4) is 0 Å². The van der Waals surface area contributed by atoms with Gasteiger partial charge in [-0.25, -0.2) is 0 Å². The smallest absolute Gasteiger partial charge is 0.435 e. The first-order valence-corrected chi connectivity index (χ1v) is 8.31. The highest BCUT2D eigenvalue weighted by atomic mass is 19.4. The molecule has 2 aromatic heterocycles. The van der Waals surface area contributed by atoms with E-state index in [1.165, 1.54) is 6.07 Å². The lowest BCUT2D eigenvalue weighted by atomic mass is 10.1. The molecule has 3 rings (SSSR count). The van der Waals surface area contributed by atoms with Gasteiger partial charge in [0.1, 0.15) is 12.3 Å². The molecule has 0 aliphatic carbocycles. The highest BCUT2D eigenvalue weighted by Gasteiger charge is 2.34. The second kappa shape index (κ2) is 8.17. The molecule has 8 nitrogen and oxygen atoms in total. The van der Waals surface area contributed by atoms with Gasteiger partial charge in [0.2, 0.25) is 6.10 Å². The zero-order valence-electron chi connectivity index (χ0n) is 15.0. The van der Waals surface area contributed by atoms with Gasteiger partial charge in [-0.05, 0) is 13.0 Å². The number of alkyl halides is 3. The van der Waals surface area contributed by atoms with Crippen LogP contribution in [-0.2, 0) is 27.0 Å². The normalized spacial score (nSPS) is 12.4. The maximum atomic E-state index is 12.6. The van der Waals surface area contributed by atoms with Gasteiger partial charge in [0, 0.05) is 17.8 Å². The Kier molecular flexibility index (Phi) is 5.66. The summed E-state index contributed by atoms with van der Waals surface area (Å²) < 4.78 is 48.8. The van der Waals surface area contributed by atoms with Gasteiger partial charge in [-0.15, -0.1) is 0 Å². The quantitative estimate of drug-likeness (QED) is 0.629. The van der Waals surface area contributed by atoms with Crippen molar-refractivity contribution < 1.29 is 32.0 Å². The number of aryl methyl sites for hydroxylation is 1. The number of rotatable bonds is 6. The number of carbonyl (C=O) groups excluding carboxylic acids is 2. The van der Waals surface area contributed by atoms with E-state index >= 15 is 0 Å². The molecule has 11 heteroatoms. The maximum absolute atomic E-state index is 12.6. The van der Waals surface area contributed by atoms with Crippen LogP contribution in [0, 0.1) is 6.92 Å². The molecule has 1 unspecified atom stereocenters. The van der Waals surface area contributed by atoms with E-state index in [0.717, 1.165) is 16.9 Å². The number of nitrogens with one attached hydrogen (secondary N) is 1. The van der Waals surface area contributed by atoms with Crippen LogP contribution in [0.15, 0.2) is 53.2 Å². The summed E-state index contributed by atoms with van der Waals surface area (Å²) in [7, 11) is 0. The topological polar surface area (TPSA) is 99.2 Å². The summed E-state index contributed by atoms with van der Waals surface area (Å²) in [5, 5.41) is 9.38. The molecule has 1 amide bonds. The molecular formula is C18H15F3N4O4. The number of carbonyl (C=O) groups is 2. The Bertz CT molecular complexity index is 998. The Hall–Kier alpha value is -3.63. The third kappa shape index (κ3) is 5.21. The summed E-state index contributed by atoms with van der Waals surface area (Å²) in [6.07, 6.45) is -4.98. The molecule has 1 N–H and O–H groups in total. The summed E-state index contributed by atoms with van der Waals surface area (Å²) in [5.74, 6) is -1.05. The van der Waals surface area contributed by atoms with Crippen molar-refractivity contribution in [2.75, 3.05) is 5.32 Å². The molecule has 152 valence electrons. The fraction of sp³-hybridized carbons (Fsp3) is 0.222. The summed E-state index contributed by atoms with van der Waals surface area (Å²) in [5.41, 5.74) is -0.765. The minimum atomic E-state index is -4.63. The van der Waals surface area contributed by atoms with Crippen LogP contribution in [0.5, 0.6) is 0 Å². The second-order valence-corrected chi connectivity index (χ2v) is 5.99. The van der Waals surface area contributed by atoms with Gasteiger partial charge in [0.15, 0.2) is 11.5 Å². The van der Waals surface area contributed by atoms with Crippen LogP contribution < -0.4 is 5.32 Å². The van der Waals surface area contributed by atoms with E-state index in [0.29, 0.717) is 11.3 Å². The average Bonchev–Trinajstić information content (AvgIpc) is 3.29. The lowest BCUT2D eigenvalue weighted by Gasteiger charge is -2.17. The van der Waals surface area contributed by atoms with E-state index < -0.39 is 36.4 Å². The number of esters is 1. The van der Waals surface area contributed by atoms with Gasteiger partial charge in [-0.2, -0.15) is 18.3 Å². The highest BCUT2D eigenvalue weighted by molar-refractivity contribution is 5.95. The van der Waals surface area contributed by atoms with Crippen LogP contribution in [0.1, 0.15) is 23.1 Å². The number of nitrogens with zero attached hydrogens (tertiary/aromatic N) is 3. The van der Waals surface area contributed by atoms with E-state index in [9.17, 15) is 22.8 Å². The first kappa shape index (κ1) is 20.1. The highest BCUT2D eigenvalue weighted by Crippen LogP contribution is 2.27. The molecule has 2 heterocycles. The van der Waals surface area contributed by atoms with Crippen LogP contribution in [0.2, 0.25) is 0 Å². The first-order chi connectivity index (χ1) is 13.7. The van der Waals surface area contributed by atoms with Gasteiger partial charge >= 0.3 is 12.1 Å². The standard InChI is InChI=1S/C18H15F3N4O4/c1-11-9-14(24-29-11)22-17(27)16(12-5-3-2-4-6-12)28-15(26)10-25-8-7-13(23-25)18(19,20)21/h2-9,16H,10H2,1H3,(H,22,24,27). The number of halogens is 3. The third-order valence-corrected chi connectivity index (χ3v) is 3.69. The molecule has 29 heavy (non-hydrogen) atoms. The van der Waals surface area contributed by atoms with Crippen molar-refractivity contribution in [3.8, 4) is 0 Å². The van der Waals surface area contributed by atoms with Gasteiger partial charge in [-0.3, -0.25) is 14.3 Å². The predicted molar refractivity (Wildman–Crippen MR) is 92.4 cm³/mol. The number of aromatic nitrogens is 3. The van der Waals surface area contributed by atoms with E-state index in [-0.39, 0.29) is 5.82 Å². The number of hydrogen-bond donors (Lipinski definition) is 1. The van der Waals surface area contributed by atoms with Crippen LogP contribution in [-0.4, -0.2) is 26.8 Å². The van der Waals surface area contributed by atoms with Crippen LogP contribution in [0.25, 0.3) is 0 Å². The minimum Gasteiger partial charge on any atom is -0.446 e. The van der Waals surface area contributed by atoms with Crippen LogP contribution >= 0.6 is 0 Å². The van der Waals surface area contributed by atoms with E-state index in [4.69, 9.17) is 9.26 Å². The molecule has 0 aliphatic heterocycles. The van der Waals surface area contributed by atoms with Crippen molar-refractivity contribution in [2.24, 2.45) is 0 Å². The van der Waals surface area contributed by atoms with E-state index in [1.54, 1.807) is 37.3 Å². The number of hydrogen-bond acceptors (Lipinski definition) is 6. The van der Waals surface area contributed by atoms with Crippen LogP contribution in [0.4, 0.5) is 19.0 Å². The molecule has 0 bridgehead atoms. The molecule has 0 saturated heterocycles. The Balaban J connectivity index is 1.73. The van der Waals surface area contributed by atoms with Gasteiger partial charge in [0.05, 0.1) is 0 Å². The monoisotopic (exact) mass is 408 g/mol. The summed E-state index contributed by atoms with van der Waals surface area (Å²) >= 11 is 0. The van der Waals surface area contributed by atoms with Crippen molar-refractivity contribution in [3.05, 3.63) is 65.7 Å². The molecule has 0 spiro atoms. The first-order valence-electron chi connectivity index (χ1n) is 8.31. The van der Waals surface area contributed by atoms with Gasteiger partial charge in [-0.1, -0.05) is 35.5 Å².